The van der Waals surface area contributed by atoms with Gasteiger partial charge < -0.3 is 9.64 Å². The van der Waals surface area contributed by atoms with Crippen LogP contribution in [0, 0.1) is 12.8 Å². The highest BCUT2D eigenvalue weighted by Gasteiger charge is 2.30. The molecule has 1 unspecified atom stereocenters. The zero-order valence-corrected chi connectivity index (χ0v) is 19.3. The van der Waals surface area contributed by atoms with Gasteiger partial charge in [0.1, 0.15) is 11.6 Å². The monoisotopic (exact) mass is 440 g/mol. The fourth-order valence-corrected chi connectivity index (χ4v) is 4.65. The van der Waals surface area contributed by atoms with E-state index in [1.54, 1.807) is 4.68 Å². The van der Waals surface area contributed by atoms with E-state index in [2.05, 4.69) is 27.4 Å². The molecular formula is C24H32N4O4. The Bertz CT molecular complexity index is 1040. The number of nitrogens with zero attached hydrogens (tertiary/aromatic N) is 3. The molecule has 172 valence electrons. The first-order valence-corrected chi connectivity index (χ1v) is 11.4. The molecule has 3 heterocycles. The third-order valence-corrected chi connectivity index (χ3v) is 6.23. The molecule has 8 nitrogen and oxygen atoms in total. The molecule has 2 fully saturated rings. The Kier molecular flexibility index (Phi) is 5.97. The van der Waals surface area contributed by atoms with Crippen LogP contribution in [0.1, 0.15) is 64.6 Å². The zero-order chi connectivity index (χ0) is 23.0. The Morgan fingerprint density at radius 3 is 2.56 bits per heavy atom. The summed E-state index contributed by atoms with van der Waals surface area (Å²) in [7, 11) is 0. The number of hydrogen-bond donors (Lipinski definition) is 1. The van der Waals surface area contributed by atoms with E-state index in [4.69, 9.17) is 4.74 Å². The van der Waals surface area contributed by atoms with Gasteiger partial charge in [0.05, 0.1) is 11.2 Å². The zero-order valence-electron chi connectivity index (χ0n) is 19.3. The average Bonchev–Trinajstić information content (AvgIpc) is 3.03. The van der Waals surface area contributed by atoms with Gasteiger partial charge in [-0.25, -0.2) is 0 Å². The van der Waals surface area contributed by atoms with E-state index < -0.39 is 11.6 Å². The van der Waals surface area contributed by atoms with Gasteiger partial charge in [-0.05, 0) is 71.1 Å². The molecule has 2 aliphatic rings. The third kappa shape index (κ3) is 4.79. The van der Waals surface area contributed by atoms with Crippen LogP contribution in [-0.4, -0.2) is 46.3 Å². The number of amides is 2. The van der Waals surface area contributed by atoms with Gasteiger partial charge >= 0.3 is 5.97 Å². The first-order chi connectivity index (χ1) is 15.1. The standard InChI is InChI=1S/C24H32N4O4/c1-15-18-14-17(27-11-9-16(10-12-27)13-22(30)32-24(2,3)4)5-6-19(18)28(26-15)20-7-8-21(29)25-23(20)31/h5-6,14,16,20H,7-13H2,1-4H3,(H,25,29,31). The Hall–Kier alpha value is -2.90. The number of fused-ring (bicyclic) bond motifs is 1. The number of imide groups is 1. The number of benzene rings is 1. The van der Waals surface area contributed by atoms with E-state index in [-0.39, 0.29) is 17.8 Å². The number of carbonyl (C=O) groups is 3. The smallest absolute Gasteiger partial charge is 0.306 e. The van der Waals surface area contributed by atoms with Gasteiger partial charge in [0, 0.05) is 37.0 Å². The quantitative estimate of drug-likeness (QED) is 0.579. The predicted molar refractivity (Wildman–Crippen MR) is 121 cm³/mol. The summed E-state index contributed by atoms with van der Waals surface area (Å²) in [4.78, 5) is 38.3. The second-order valence-corrected chi connectivity index (χ2v) is 9.92. The molecule has 2 saturated heterocycles. The second-order valence-electron chi connectivity index (χ2n) is 9.92. The number of ether oxygens (including phenoxy) is 1. The number of piperidine rings is 2. The van der Waals surface area contributed by atoms with Crippen LogP contribution in [0.25, 0.3) is 10.9 Å². The maximum absolute atomic E-state index is 12.3. The number of carbonyl (C=O) groups excluding carboxylic acids is 3. The molecule has 8 heteroatoms. The van der Waals surface area contributed by atoms with Crippen LogP contribution >= 0.6 is 0 Å². The van der Waals surface area contributed by atoms with Gasteiger partial charge in [0.2, 0.25) is 5.91 Å². The Morgan fingerprint density at radius 2 is 1.91 bits per heavy atom. The van der Waals surface area contributed by atoms with Crippen molar-refractivity contribution in [2.75, 3.05) is 18.0 Å². The summed E-state index contributed by atoms with van der Waals surface area (Å²) < 4.78 is 7.22. The number of aromatic nitrogens is 2. The van der Waals surface area contributed by atoms with Crippen LogP contribution < -0.4 is 10.2 Å². The largest absolute Gasteiger partial charge is 0.460 e. The van der Waals surface area contributed by atoms with E-state index in [1.807, 2.05) is 33.8 Å². The maximum atomic E-state index is 12.3. The number of aryl methyl sites for hydroxylation is 1. The summed E-state index contributed by atoms with van der Waals surface area (Å²) in [6.07, 6.45) is 3.17. The minimum Gasteiger partial charge on any atom is -0.460 e. The molecule has 2 aliphatic heterocycles. The van der Waals surface area contributed by atoms with Gasteiger partial charge in [0.25, 0.3) is 5.91 Å². The van der Waals surface area contributed by atoms with Crippen molar-refractivity contribution >= 4 is 34.4 Å². The highest BCUT2D eigenvalue weighted by molar-refractivity contribution is 6.00. The van der Waals surface area contributed by atoms with Gasteiger partial charge in [-0.2, -0.15) is 5.10 Å². The summed E-state index contributed by atoms with van der Waals surface area (Å²) >= 11 is 0. The summed E-state index contributed by atoms with van der Waals surface area (Å²) in [6, 6.07) is 5.76. The van der Waals surface area contributed by atoms with Crippen LogP contribution in [0.3, 0.4) is 0 Å². The SMILES string of the molecule is Cc1nn(C2CCC(=O)NC2=O)c2ccc(N3CCC(CC(=O)OC(C)(C)C)CC3)cc12. The van der Waals surface area contributed by atoms with Gasteiger partial charge in [-0.1, -0.05) is 0 Å². The number of esters is 1. The average molecular weight is 441 g/mol. The molecule has 1 N–H and O–H groups in total. The lowest BCUT2D eigenvalue weighted by atomic mass is 9.93. The first kappa shape index (κ1) is 22.3. The molecule has 0 spiro atoms. The Labute approximate surface area is 188 Å². The van der Waals surface area contributed by atoms with E-state index in [0.29, 0.717) is 25.2 Å². The van der Waals surface area contributed by atoms with Crippen molar-refractivity contribution in [3.05, 3.63) is 23.9 Å². The molecule has 0 saturated carbocycles. The first-order valence-electron chi connectivity index (χ1n) is 11.4. The Morgan fingerprint density at radius 1 is 1.19 bits per heavy atom. The molecule has 0 radical (unpaired) electrons. The lowest BCUT2D eigenvalue weighted by Crippen LogP contribution is -2.42. The van der Waals surface area contributed by atoms with Crippen molar-refractivity contribution in [1.29, 1.82) is 0 Å². The van der Waals surface area contributed by atoms with E-state index in [9.17, 15) is 14.4 Å². The van der Waals surface area contributed by atoms with Crippen LogP contribution in [0.2, 0.25) is 0 Å². The van der Waals surface area contributed by atoms with E-state index in [0.717, 1.165) is 48.2 Å². The summed E-state index contributed by atoms with van der Waals surface area (Å²) in [5.41, 5.74) is 2.45. The predicted octanol–water partition coefficient (Wildman–Crippen LogP) is 3.27. The molecule has 0 bridgehead atoms. The third-order valence-electron chi connectivity index (χ3n) is 6.23. The second kappa shape index (κ2) is 8.56. The van der Waals surface area contributed by atoms with Crippen LogP contribution in [0.4, 0.5) is 5.69 Å². The Balaban J connectivity index is 1.44. The van der Waals surface area contributed by atoms with E-state index in [1.165, 1.54) is 0 Å². The minimum absolute atomic E-state index is 0.117. The normalized spacial score (nSPS) is 20.5. The maximum Gasteiger partial charge on any atom is 0.306 e. The molecule has 1 atom stereocenters. The molecule has 2 aromatic rings. The number of anilines is 1. The van der Waals surface area contributed by atoms with Crippen LogP contribution in [-0.2, 0) is 19.1 Å². The molecule has 0 aliphatic carbocycles. The fourth-order valence-electron chi connectivity index (χ4n) is 4.65. The molecule has 4 rings (SSSR count). The summed E-state index contributed by atoms with van der Waals surface area (Å²) in [5, 5.41) is 8.06. The van der Waals surface area contributed by atoms with Gasteiger partial charge in [0.15, 0.2) is 0 Å². The topological polar surface area (TPSA) is 93.5 Å². The number of hydrogen-bond acceptors (Lipinski definition) is 6. The molecule has 1 aromatic heterocycles. The highest BCUT2D eigenvalue weighted by atomic mass is 16.6. The molecule has 1 aromatic carbocycles. The molecule has 32 heavy (non-hydrogen) atoms. The molecule has 2 amide bonds. The van der Waals surface area contributed by atoms with Crippen molar-refractivity contribution in [2.24, 2.45) is 5.92 Å². The van der Waals surface area contributed by atoms with Crippen molar-refractivity contribution in [3.63, 3.8) is 0 Å². The summed E-state index contributed by atoms with van der Waals surface area (Å²) in [6.45, 7) is 9.41. The summed E-state index contributed by atoms with van der Waals surface area (Å²) in [5.74, 6) is -0.283. The van der Waals surface area contributed by atoms with Gasteiger partial charge in [-0.3, -0.25) is 24.4 Å². The van der Waals surface area contributed by atoms with Crippen molar-refractivity contribution < 1.29 is 19.1 Å². The van der Waals surface area contributed by atoms with Crippen molar-refractivity contribution in [3.8, 4) is 0 Å². The van der Waals surface area contributed by atoms with E-state index >= 15 is 0 Å². The van der Waals surface area contributed by atoms with Crippen molar-refractivity contribution in [1.82, 2.24) is 15.1 Å². The molecular weight excluding hydrogens is 408 g/mol. The lowest BCUT2D eigenvalue weighted by molar-refractivity contribution is -0.156. The van der Waals surface area contributed by atoms with Gasteiger partial charge in [-0.15, -0.1) is 0 Å². The van der Waals surface area contributed by atoms with Crippen LogP contribution in [0.15, 0.2) is 18.2 Å². The minimum atomic E-state index is -0.460. The van der Waals surface area contributed by atoms with Crippen molar-refractivity contribution in [2.45, 2.75) is 71.4 Å². The van der Waals surface area contributed by atoms with Crippen LogP contribution in [0.5, 0.6) is 0 Å². The number of nitrogens with one attached hydrogen (secondary N) is 1. The lowest BCUT2D eigenvalue weighted by Gasteiger charge is -2.33. The highest BCUT2D eigenvalue weighted by Crippen LogP contribution is 2.31. The number of rotatable bonds is 4. The fraction of sp³-hybridized carbons (Fsp3) is 0.583.